The highest BCUT2D eigenvalue weighted by Gasteiger charge is 2.14. The van der Waals surface area contributed by atoms with Crippen LogP contribution in [0.3, 0.4) is 0 Å². The molecule has 1 aromatic heterocycles. The van der Waals surface area contributed by atoms with Crippen molar-refractivity contribution in [3.63, 3.8) is 0 Å². The van der Waals surface area contributed by atoms with Gasteiger partial charge in [0, 0.05) is 31.3 Å². The summed E-state index contributed by atoms with van der Waals surface area (Å²) < 4.78 is 10.6. The van der Waals surface area contributed by atoms with Crippen molar-refractivity contribution in [1.82, 2.24) is 15.5 Å². The zero-order valence-corrected chi connectivity index (χ0v) is 13.7. The second-order valence-corrected chi connectivity index (χ2v) is 5.88. The Morgan fingerprint density at radius 2 is 2.29 bits per heavy atom. The maximum absolute atomic E-state index is 12.0. The monoisotopic (exact) mass is 330 g/mol. The number of benzene rings is 1. The number of carbonyl (C=O) groups excluding carboxylic acids is 1. The molecule has 2 N–H and O–H groups in total. The quantitative estimate of drug-likeness (QED) is 0.879. The van der Waals surface area contributed by atoms with Crippen LogP contribution in [0.5, 0.6) is 0 Å². The number of urea groups is 1. The van der Waals surface area contributed by atoms with Crippen LogP contribution in [0.4, 0.5) is 10.5 Å². The summed E-state index contributed by atoms with van der Waals surface area (Å²) in [4.78, 5) is 16.2. The Labute approximate surface area is 140 Å². The molecule has 128 valence electrons. The van der Waals surface area contributed by atoms with E-state index in [1.807, 2.05) is 24.3 Å². The van der Waals surface area contributed by atoms with Crippen molar-refractivity contribution in [2.45, 2.75) is 38.7 Å². The minimum absolute atomic E-state index is 0.229. The van der Waals surface area contributed by atoms with Crippen LogP contribution < -0.4 is 10.6 Å². The maximum atomic E-state index is 12.0. The van der Waals surface area contributed by atoms with Crippen molar-refractivity contribution >= 4 is 11.7 Å². The normalized spacial score (nSPS) is 17.5. The van der Waals surface area contributed by atoms with E-state index in [1.165, 1.54) is 6.42 Å². The summed E-state index contributed by atoms with van der Waals surface area (Å²) in [6, 6.07) is 7.11. The van der Waals surface area contributed by atoms with Gasteiger partial charge in [0.1, 0.15) is 0 Å². The average Bonchev–Trinajstić information content (AvgIpc) is 3.03. The Bertz CT molecular complexity index is 680. The average molecular weight is 330 g/mol. The molecule has 2 amide bonds. The lowest BCUT2D eigenvalue weighted by molar-refractivity contribution is 0.0120. The molecule has 0 saturated carbocycles. The van der Waals surface area contributed by atoms with Crippen molar-refractivity contribution in [2.75, 3.05) is 18.5 Å². The number of hydrogen-bond donors (Lipinski definition) is 2. The molecule has 1 aliphatic heterocycles. The Morgan fingerprint density at radius 1 is 1.38 bits per heavy atom. The SMILES string of the molecule is Cc1nc(-c2cccc(NC(=O)NCC[C@H]3CCCCO3)c2)no1. The number of nitrogens with zero attached hydrogens (tertiary/aromatic N) is 2. The highest BCUT2D eigenvalue weighted by atomic mass is 16.5. The third-order valence-electron chi connectivity index (χ3n) is 3.93. The molecule has 24 heavy (non-hydrogen) atoms. The van der Waals surface area contributed by atoms with Gasteiger partial charge in [-0.2, -0.15) is 4.98 Å². The molecular weight excluding hydrogens is 308 g/mol. The first-order valence-corrected chi connectivity index (χ1v) is 8.28. The molecule has 1 fully saturated rings. The predicted molar refractivity (Wildman–Crippen MR) is 89.7 cm³/mol. The number of aromatic nitrogens is 2. The maximum Gasteiger partial charge on any atom is 0.319 e. The fourth-order valence-corrected chi connectivity index (χ4v) is 2.71. The largest absolute Gasteiger partial charge is 0.378 e. The molecule has 1 aromatic carbocycles. The van der Waals surface area contributed by atoms with E-state index in [0.29, 0.717) is 23.9 Å². The lowest BCUT2D eigenvalue weighted by Crippen LogP contribution is -2.32. The van der Waals surface area contributed by atoms with E-state index in [1.54, 1.807) is 6.92 Å². The molecular formula is C17H22N4O3. The predicted octanol–water partition coefficient (Wildman–Crippen LogP) is 3.13. The summed E-state index contributed by atoms with van der Waals surface area (Å²) in [7, 11) is 0. The van der Waals surface area contributed by atoms with Gasteiger partial charge in [-0.25, -0.2) is 4.79 Å². The first-order chi connectivity index (χ1) is 11.7. The number of hydrogen-bond acceptors (Lipinski definition) is 5. The number of anilines is 1. The molecule has 0 unspecified atom stereocenters. The Morgan fingerprint density at radius 3 is 3.04 bits per heavy atom. The number of ether oxygens (including phenoxy) is 1. The van der Waals surface area contributed by atoms with Crippen LogP contribution >= 0.6 is 0 Å². The van der Waals surface area contributed by atoms with E-state index in [9.17, 15) is 4.79 Å². The summed E-state index contributed by atoms with van der Waals surface area (Å²) in [5.74, 6) is 1.01. The molecule has 3 rings (SSSR count). The van der Waals surface area contributed by atoms with Gasteiger partial charge >= 0.3 is 6.03 Å². The van der Waals surface area contributed by atoms with Gasteiger partial charge in [-0.05, 0) is 37.8 Å². The summed E-state index contributed by atoms with van der Waals surface area (Å²) in [6.45, 7) is 3.17. The van der Waals surface area contributed by atoms with Crippen molar-refractivity contribution in [3.8, 4) is 11.4 Å². The topological polar surface area (TPSA) is 89.3 Å². The van der Waals surface area contributed by atoms with Crippen molar-refractivity contribution in [3.05, 3.63) is 30.2 Å². The zero-order valence-electron chi connectivity index (χ0n) is 13.7. The molecule has 0 radical (unpaired) electrons. The van der Waals surface area contributed by atoms with Gasteiger partial charge in [0.25, 0.3) is 0 Å². The highest BCUT2D eigenvalue weighted by molar-refractivity contribution is 5.89. The molecule has 0 spiro atoms. The van der Waals surface area contributed by atoms with Gasteiger partial charge in [0.2, 0.25) is 11.7 Å². The van der Waals surface area contributed by atoms with E-state index in [-0.39, 0.29) is 12.1 Å². The first-order valence-electron chi connectivity index (χ1n) is 8.28. The molecule has 1 aliphatic rings. The minimum atomic E-state index is -0.229. The summed E-state index contributed by atoms with van der Waals surface area (Å²) in [5.41, 5.74) is 1.47. The first kappa shape index (κ1) is 16.4. The second kappa shape index (κ2) is 7.92. The fraction of sp³-hybridized carbons (Fsp3) is 0.471. The molecule has 7 heteroatoms. The van der Waals surface area contributed by atoms with Crippen LogP contribution in [0.15, 0.2) is 28.8 Å². The van der Waals surface area contributed by atoms with Gasteiger partial charge in [0.15, 0.2) is 0 Å². The molecule has 0 bridgehead atoms. The van der Waals surface area contributed by atoms with E-state index >= 15 is 0 Å². The van der Waals surface area contributed by atoms with Crippen LogP contribution in [-0.4, -0.2) is 35.4 Å². The van der Waals surface area contributed by atoms with Gasteiger partial charge in [-0.1, -0.05) is 17.3 Å². The number of carbonyl (C=O) groups is 1. The van der Waals surface area contributed by atoms with Crippen LogP contribution in [-0.2, 0) is 4.74 Å². The summed E-state index contributed by atoms with van der Waals surface area (Å²) in [5, 5.41) is 9.56. The van der Waals surface area contributed by atoms with E-state index in [4.69, 9.17) is 9.26 Å². The molecule has 1 saturated heterocycles. The summed E-state index contributed by atoms with van der Waals surface area (Å²) in [6.07, 6.45) is 4.54. The number of amides is 2. The molecule has 0 aliphatic carbocycles. The van der Waals surface area contributed by atoms with Crippen molar-refractivity contribution < 1.29 is 14.1 Å². The Hall–Kier alpha value is -2.41. The number of aryl methyl sites for hydroxylation is 1. The van der Waals surface area contributed by atoms with Crippen molar-refractivity contribution in [1.29, 1.82) is 0 Å². The number of rotatable bonds is 5. The van der Waals surface area contributed by atoms with E-state index in [0.717, 1.165) is 31.4 Å². The standard InChI is InChI=1S/C17H22N4O3/c1-12-19-16(21-24-12)13-5-4-6-14(11-13)20-17(22)18-9-8-15-7-2-3-10-23-15/h4-6,11,15H,2-3,7-10H2,1H3,(H2,18,20,22)/t15-/m1/s1. The smallest absolute Gasteiger partial charge is 0.319 e. The Balaban J connectivity index is 1.49. The minimum Gasteiger partial charge on any atom is -0.378 e. The van der Waals surface area contributed by atoms with E-state index in [2.05, 4.69) is 20.8 Å². The molecule has 7 nitrogen and oxygen atoms in total. The van der Waals surface area contributed by atoms with Gasteiger partial charge < -0.3 is 19.9 Å². The third kappa shape index (κ3) is 4.55. The van der Waals surface area contributed by atoms with Crippen molar-refractivity contribution in [2.24, 2.45) is 0 Å². The third-order valence-corrected chi connectivity index (χ3v) is 3.93. The van der Waals surface area contributed by atoms with Crippen LogP contribution in [0.2, 0.25) is 0 Å². The van der Waals surface area contributed by atoms with Gasteiger partial charge in [-0.15, -0.1) is 0 Å². The van der Waals surface area contributed by atoms with E-state index < -0.39 is 0 Å². The second-order valence-electron chi connectivity index (χ2n) is 5.88. The zero-order chi connectivity index (χ0) is 16.8. The van der Waals surface area contributed by atoms with Gasteiger partial charge in [0.05, 0.1) is 6.10 Å². The molecule has 2 aromatic rings. The molecule has 2 heterocycles. The van der Waals surface area contributed by atoms with Gasteiger partial charge in [-0.3, -0.25) is 0 Å². The van der Waals surface area contributed by atoms with Crippen LogP contribution in [0.25, 0.3) is 11.4 Å². The lowest BCUT2D eigenvalue weighted by Gasteiger charge is -2.22. The molecule has 1 atom stereocenters. The highest BCUT2D eigenvalue weighted by Crippen LogP contribution is 2.20. The number of nitrogens with one attached hydrogen (secondary N) is 2. The Kier molecular flexibility index (Phi) is 5.43. The summed E-state index contributed by atoms with van der Waals surface area (Å²) >= 11 is 0. The van der Waals surface area contributed by atoms with Crippen LogP contribution in [0.1, 0.15) is 31.6 Å². The lowest BCUT2D eigenvalue weighted by atomic mass is 10.1. The van der Waals surface area contributed by atoms with Crippen LogP contribution in [0, 0.1) is 6.92 Å². The fourth-order valence-electron chi connectivity index (χ4n) is 2.71.